The van der Waals surface area contributed by atoms with Gasteiger partial charge in [-0.05, 0) is 60.4 Å². The average molecular weight is 470 g/mol. The fourth-order valence-corrected chi connectivity index (χ4v) is 3.99. The van der Waals surface area contributed by atoms with Crippen LogP contribution in [0.4, 0.5) is 0 Å². The van der Waals surface area contributed by atoms with Gasteiger partial charge in [0.05, 0.1) is 6.61 Å². The Morgan fingerprint density at radius 1 is 0.971 bits per heavy atom. The molecule has 3 aromatic rings. The molecule has 1 fully saturated rings. The van der Waals surface area contributed by atoms with Gasteiger partial charge in [-0.3, -0.25) is 4.79 Å². The second kappa shape index (κ2) is 11.6. The normalized spacial score (nSPS) is 13.1. The van der Waals surface area contributed by atoms with Gasteiger partial charge in [0.15, 0.2) is 5.78 Å². The zero-order chi connectivity index (χ0) is 24.6. The molecule has 1 aliphatic rings. The van der Waals surface area contributed by atoms with Gasteiger partial charge < -0.3 is 19.6 Å². The SMILES string of the molecule is C=C(Oc1ccc(-c2ccc(C(=O)C3CCC3)cc2)cc1C=N)c1ccc(OCCCOC)cc1. The first kappa shape index (κ1) is 24.4. The Labute approximate surface area is 206 Å². The molecule has 0 aromatic heterocycles. The molecule has 0 aliphatic heterocycles. The summed E-state index contributed by atoms with van der Waals surface area (Å²) in [5, 5.41) is 7.88. The Kier molecular flexibility index (Phi) is 8.11. The summed E-state index contributed by atoms with van der Waals surface area (Å²) >= 11 is 0. The highest BCUT2D eigenvalue weighted by molar-refractivity contribution is 5.98. The maximum absolute atomic E-state index is 12.5. The molecule has 4 rings (SSSR count). The summed E-state index contributed by atoms with van der Waals surface area (Å²) in [6.07, 6.45) is 5.26. The lowest BCUT2D eigenvalue weighted by atomic mass is 9.80. The van der Waals surface area contributed by atoms with Crippen LogP contribution >= 0.6 is 0 Å². The predicted molar refractivity (Wildman–Crippen MR) is 140 cm³/mol. The van der Waals surface area contributed by atoms with Crippen LogP contribution in [0.5, 0.6) is 11.5 Å². The smallest absolute Gasteiger partial charge is 0.165 e. The summed E-state index contributed by atoms with van der Waals surface area (Å²) in [6, 6.07) is 21.0. The summed E-state index contributed by atoms with van der Waals surface area (Å²) in [6.45, 7) is 5.32. The molecular formula is C30H31NO4. The highest BCUT2D eigenvalue weighted by atomic mass is 16.5. The summed E-state index contributed by atoms with van der Waals surface area (Å²) in [7, 11) is 1.68. The van der Waals surface area contributed by atoms with E-state index in [1.165, 1.54) is 6.21 Å². The Balaban J connectivity index is 1.41. The number of nitrogens with one attached hydrogen (secondary N) is 1. The highest BCUT2D eigenvalue weighted by Gasteiger charge is 2.26. The van der Waals surface area contributed by atoms with Crippen LogP contribution < -0.4 is 9.47 Å². The van der Waals surface area contributed by atoms with Crippen LogP contribution in [0.1, 0.15) is 47.2 Å². The molecule has 1 N–H and O–H groups in total. The summed E-state index contributed by atoms with van der Waals surface area (Å²) in [4.78, 5) is 12.5. The number of benzene rings is 3. The van der Waals surface area contributed by atoms with E-state index >= 15 is 0 Å². The lowest BCUT2D eigenvalue weighted by Gasteiger charge is -2.23. The van der Waals surface area contributed by atoms with Crippen molar-refractivity contribution in [3.05, 3.63) is 90.0 Å². The number of rotatable bonds is 12. The summed E-state index contributed by atoms with van der Waals surface area (Å²) < 4.78 is 16.7. The van der Waals surface area contributed by atoms with Crippen molar-refractivity contribution in [2.24, 2.45) is 5.92 Å². The molecule has 0 spiro atoms. The minimum absolute atomic E-state index is 0.194. The Morgan fingerprint density at radius 3 is 2.29 bits per heavy atom. The first-order valence-corrected chi connectivity index (χ1v) is 12.0. The molecule has 3 aromatic carbocycles. The van der Waals surface area contributed by atoms with Gasteiger partial charge in [-0.25, -0.2) is 0 Å². The van der Waals surface area contributed by atoms with Gasteiger partial charge in [-0.15, -0.1) is 0 Å². The molecule has 1 aliphatic carbocycles. The molecular weight excluding hydrogens is 438 g/mol. The van der Waals surface area contributed by atoms with Crippen LogP contribution in [0.3, 0.4) is 0 Å². The van der Waals surface area contributed by atoms with Gasteiger partial charge in [-0.2, -0.15) is 0 Å². The number of Topliss-reactive ketones (excluding diaryl/α,β-unsaturated/α-hetero) is 1. The van der Waals surface area contributed by atoms with Crippen LogP contribution in [-0.4, -0.2) is 32.3 Å². The lowest BCUT2D eigenvalue weighted by molar-refractivity contribution is 0.0855. The maximum Gasteiger partial charge on any atom is 0.165 e. The van der Waals surface area contributed by atoms with E-state index in [1.54, 1.807) is 7.11 Å². The minimum Gasteiger partial charge on any atom is -0.494 e. The monoisotopic (exact) mass is 469 g/mol. The molecule has 180 valence electrons. The van der Waals surface area contributed by atoms with Gasteiger partial charge in [0.1, 0.15) is 17.3 Å². The van der Waals surface area contributed by atoms with Crippen molar-refractivity contribution in [3.8, 4) is 22.6 Å². The molecule has 0 atom stereocenters. The van der Waals surface area contributed by atoms with Crippen LogP contribution in [0, 0.1) is 11.3 Å². The fraction of sp³-hybridized carbons (Fsp3) is 0.267. The fourth-order valence-electron chi connectivity index (χ4n) is 3.99. The number of hydrogen-bond acceptors (Lipinski definition) is 5. The molecule has 0 bridgehead atoms. The third-order valence-corrected chi connectivity index (χ3v) is 6.31. The van der Waals surface area contributed by atoms with Crippen molar-refractivity contribution in [1.82, 2.24) is 0 Å². The van der Waals surface area contributed by atoms with E-state index in [-0.39, 0.29) is 11.7 Å². The van der Waals surface area contributed by atoms with E-state index in [2.05, 4.69) is 6.58 Å². The quantitative estimate of drug-likeness (QED) is 0.137. The Bertz CT molecular complexity index is 1180. The van der Waals surface area contributed by atoms with Crippen LogP contribution in [0.2, 0.25) is 0 Å². The summed E-state index contributed by atoms with van der Waals surface area (Å²) in [5.74, 6) is 2.27. The Morgan fingerprint density at radius 2 is 1.66 bits per heavy atom. The van der Waals surface area contributed by atoms with Crippen molar-refractivity contribution in [2.75, 3.05) is 20.3 Å². The number of carbonyl (C=O) groups is 1. The van der Waals surface area contributed by atoms with Crippen molar-refractivity contribution in [1.29, 1.82) is 5.41 Å². The number of carbonyl (C=O) groups excluding carboxylic acids is 1. The van der Waals surface area contributed by atoms with Gasteiger partial charge in [0.2, 0.25) is 0 Å². The van der Waals surface area contributed by atoms with Gasteiger partial charge in [-0.1, -0.05) is 43.3 Å². The molecule has 0 radical (unpaired) electrons. The second-order valence-electron chi connectivity index (χ2n) is 8.71. The minimum atomic E-state index is 0.194. The van der Waals surface area contributed by atoms with Crippen molar-refractivity contribution < 1.29 is 19.0 Å². The molecule has 35 heavy (non-hydrogen) atoms. The van der Waals surface area contributed by atoms with Crippen molar-refractivity contribution >= 4 is 17.8 Å². The standard InChI is InChI=1S/C30H31NO4/c1-21(22-11-14-28(15-12-22)34-18-4-17-33-2)35-29-16-13-26(19-27(29)20-31)23-7-9-25(10-8-23)30(32)24-5-3-6-24/h7-16,19-20,24,31H,1,3-6,17-18H2,2H3. The average Bonchev–Trinajstić information content (AvgIpc) is 2.86. The number of ketones is 1. The Hall–Kier alpha value is -3.70. The van der Waals surface area contributed by atoms with E-state index in [0.29, 0.717) is 30.3 Å². The molecule has 0 unspecified atom stereocenters. The zero-order valence-electron chi connectivity index (χ0n) is 20.1. The zero-order valence-corrected chi connectivity index (χ0v) is 20.1. The molecule has 0 amide bonds. The molecule has 5 heteroatoms. The molecule has 5 nitrogen and oxygen atoms in total. The molecule has 0 saturated heterocycles. The predicted octanol–water partition coefficient (Wildman–Crippen LogP) is 6.80. The van der Waals surface area contributed by atoms with Gasteiger partial charge >= 0.3 is 0 Å². The van der Waals surface area contributed by atoms with Crippen molar-refractivity contribution in [3.63, 3.8) is 0 Å². The molecule has 0 heterocycles. The van der Waals surface area contributed by atoms with Crippen LogP contribution in [0.25, 0.3) is 16.9 Å². The van der Waals surface area contributed by atoms with E-state index in [1.807, 2.05) is 66.7 Å². The van der Waals surface area contributed by atoms with Gasteiger partial charge in [0, 0.05) is 49.0 Å². The number of methoxy groups -OCH3 is 1. The highest BCUT2D eigenvalue weighted by Crippen LogP contribution is 2.32. The second-order valence-corrected chi connectivity index (χ2v) is 8.71. The topological polar surface area (TPSA) is 68.6 Å². The summed E-state index contributed by atoms with van der Waals surface area (Å²) in [5.41, 5.74) is 4.20. The van der Waals surface area contributed by atoms with Crippen LogP contribution in [-0.2, 0) is 4.74 Å². The van der Waals surface area contributed by atoms with Crippen LogP contribution in [0.15, 0.2) is 73.3 Å². The maximum atomic E-state index is 12.5. The number of ether oxygens (including phenoxy) is 3. The lowest BCUT2D eigenvalue weighted by Crippen LogP contribution is -2.21. The van der Waals surface area contributed by atoms with Crippen molar-refractivity contribution in [2.45, 2.75) is 25.7 Å². The van der Waals surface area contributed by atoms with E-state index < -0.39 is 0 Å². The van der Waals surface area contributed by atoms with E-state index in [0.717, 1.165) is 53.7 Å². The molecule has 1 saturated carbocycles. The number of hydrogen-bond donors (Lipinski definition) is 1. The van der Waals surface area contributed by atoms with E-state index in [4.69, 9.17) is 19.6 Å². The first-order chi connectivity index (χ1) is 17.1. The largest absolute Gasteiger partial charge is 0.494 e. The van der Waals surface area contributed by atoms with E-state index in [9.17, 15) is 4.79 Å². The third-order valence-electron chi connectivity index (χ3n) is 6.31. The first-order valence-electron chi connectivity index (χ1n) is 12.0. The van der Waals surface area contributed by atoms with Gasteiger partial charge in [0.25, 0.3) is 0 Å². The third kappa shape index (κ3) is 6.06.